The summed E-state index contributed by atoms with van der Waals surface area (Å²) in [6, 6.07) is 12.3. The maximum Gasteiger partial charge on any atom is 0.289 e. The fraction of sp³-hybridized carbons (Fsp3) is 0.304. The number of furan rings is 1. The van der Waals surface area contributed by atoms with E-state index in [0.29, 0.717) is 62.3 Å². The van der Waals surface area contributed by atoms with Crippen LogP contribution in [0.1, 0.15) is 37.1 Å². The predicted octanol–water partition coefficient (Wildman–Crippen LogP) is 2.38. The number of rotatable bonds is 4. The molecule has 0 bridgehead atoms. The molecule has 1 fully saturated rings. The molecule has 33 heavy (non-hydrogen) atoms. The first-order valence-electron chi connectivity index (χ1n) is 10.7. The summed E-state index contributed by atoms with van der Waals surface area (Å²) in [6.45, 7) is 3.11. The van der Waals surface area contributed by atoms with E-state index in [1.165, 1.54) is 6.26 Å². The Morgan fingerprint density at radius 3 is 2.30 bits per heavy atom. The van der Waals surface area contributed by atoms with Gasteiger partial charge in [-0.2, -0.15) is 5.10 Å². The van der Waals surface area contributed by atoms with Crippen molar-refractivity contribution < 1.29 is 18.8 Å². The van der Waals surface area contributed by atoms with Gasteiger partial charge in [-0.3, -0.25) is 19.1 Å². The summed E-state index contributed by atoms with van der Waals surface area (Å²) in [5.41, 5.74) is 1.64. The van der Waals surface area contributed by atoms with Crippen molar-refractivity contribution in [3.8, 4) is 0 Å². The monoisotopic (exact) mass is 467 g/mol. The van der Waals surface area contributed by atoms with Crippen LogP contribution < -0.4 is 0 Å². The standard InChI is InChI=1S/C23H22ClN5O4/c24-17-5-3-16(4-6-17)15-28-11-12-29-19(22(28)31)14-18(25-29)21(30)26-7-9-27(10-8-26)23(32)20-2-1-13-33-20/h1-6,13-14H,7-12,15H2. The summed E-state index contributed by atoms with van der Waals surface area (Å²) >= 11 is 5.94. The van der Waals surface area contributed by atoms with E-state index in [2.05, 4.69) is 5.10 Å². The highest BCUT2D eigenvalue weighted by Gasteiger charge is 2.31. The lowest BCUT2D eigenvalue weighted by Gasteiger charge is -2.33. The lowest BCUT2D eigenvalue weighted by molar-refractivity contribution is 0.0514. The molecule has 0 unspecified atom stereocenters. The van der Waals surface area contributed by atoms with Crippen LogP contribution in [0, 0.1) is 0 Å². The van der Waals surface area contributed by atoms with E-state index < -0.39 is 0 Å². The number of nitrogens with zero attached hydrogens (tertiary/aromatic N) is 5. The molecule has 0 saturated carbocycles. The lowest BCUT2D eigenvalue weighted by Crippen LogP contribution is -2.50. The summed E-state index contributed by atoms with van der Waals surface area (Å²) in [5.74, 6) is -0.287. The minimum absolute atomic E-state index is 0.156. The fourth-order valence-electron chi connectivity index (χ4n) is 4.13. The van der Waals surface area contributed by atoms with Crippen LogP contribution in [0.4, 0.5) is 0 Å². The number of hydrogen-bond donors (Lipinski definition) is 0. The van der Waals surface area contributed by atoms with Crippen LogP contribution in [0.15, 0.2) is 53.1 Å². The van der Waals surface area contributed by atoms with Crippen molar-refractivity contribution in [3.63, 3.8) is 0 Å². The zero-order valence-electron chi connectivity index (χ0n) is 17.8. The molecule has 0 aliphatic carbocycles. The van der Waals surface area contributed by atoms with Gasteiger partial charge in [-0.15, -0.1) is 0 Å². The number of halogens is 1. The second-order valence-electron chi connectivity index (χ2n) is 8.05. The van der Waals surface area contributed by atoms with Crippen molar-refractivity contribution in [3.05, 3.63) is 76.5 Å². The molecule has 170 valence electrons. The molecular weight excluding hydrogens is 446 g/mol. The Bertz CT molecular complexity index is 1180. The summed E-state index contributed by atoms with van der Waals surface area (Å²) in [7, 11) is 0. The number of carbonyl (C=O) groups is 3. The van der Waals surface area contributed by atoms with Crippen LogP contribution in [0.5, 0.6) is 0 Å². The highest BCUT2D eigenvalue weighted by atomic mass is 35.5. The highest BCUT2D eigenvalue weighted by Crippen LogP contribution is 2.19. The van der Waals surface area contributed by atoms with Crippen LogP contribution in [-0.2, 0) is 13.1 Å². The zero-order chi connectivity index (χ0) is 22.9. The van der Waals surface area contributed by atoms with E-state index in [-0.39, 0.29) is 23.4 Å². The predicted molar refractivity (Wildman–Crippen MR) is 119 cm³/mol. The van der Waals surface area contributed by atoms with Crippen molar-refractivity contribution in [1.29, 1.82) is 0 Å². The number of piperazine rings is 1. The first-order chi connectivity index (χ1) is 16.0. The van der Waals surface area contributed by atoms with E-state index in [4.69, 9.17) is 16.0 Å². The van der Waals surface area contributed by atoms with Gasteiger partial charge in [0, 0.05) is 50.4 Å². The van der Waals surface area contributed by atoms with Crippen LogP contribution in [0.25, 0.3) is 0 Å². The smallest absolute Gasteiger partial charge is 0.289 e. The molecule has 0 atom stereocenters. The minimum Gasteiger partial charge on any atom is -0.459 e. The van der Waals surface area contributed by atoms with Crippen LogP contribution in [0.3, 0.4) is 0 Å². The Morgan fingerprint density at radius 2 is 1.64 bits per heavy atom. The van der Waals surface area contributed by atoms with Gasteiger partial charge in [-0.1, -0.05) is 23.7 Å². The van der Waals surface area contributed by atoms with Gasteiger partial charge in [0.2, 0.25) is 0 Å². The van der Waals surface area contributed by atoms with Crippen LogP contribution >= 0.6 is 11.6 Å². The first kappa shape index (κ1) is 21.3. The first-order valence-corrected chi connectivity index (χ1v) is 11.1. The molecule has 3 amide bonds. The Morgan fingerprint density at radius 1 is 0.939 bits per heavy atom. The minimum atomic E-state index is -0.237. The number of carbonyl (C=O) groups excluding carboxylic acids is 3. The van der Waals surface area contributed by atoms with E-state index in [1.807, 2.05) is 12.1 Å². The average molecular weight is 468 g/mol. The van der Waals surface area contributed by atoms with Gasteiger partial charge in [0.15, 0.2) is 11.5 Å². The number of benzene rings is 1. The molecule has 0 N–H and O–H groups in total. The topological polar surface area (TPSA) is 91.9 Å². The normalized spacial score (nSPS) is 16.2. The van der Waals surface area contributed by atoms with Gasteiger partial charge in [0.1, 0.15) is 5.69 Å². The Hall–Kier alpha value is -3.59. The molecule has 0 spiro atoms. The van der Waals surface area contributed by atoms with E-state index in [0.717, 1.165) is 5.56 Å². The molecule has 5 rings (SSSR count). The molecule has 3 aromatic rings. The third kappa shape index (κ3) is 4.23. The maximum atomic E-state index is 13.0. The quantitative estimate of drug-likeness (QED) is 0.587. The molecular formula is C23H22ClN5O4. The molecule has 1 aromatic carbocycles. The lowest BCUT2D eigenvalue weighted by atomic mass is 10.2. The van der Waals surface area contributed by atoms with E-state index in [9.17, 15) is 14.4 Å². The largest absolute Gasteiger partial charge is 0.459 e. The van der Waals surface area contributed by atoms with Crippen molar-refractivity contribution >= 4 is 29.3 Å². The van der Waals surface area contributed by atoms with E-state index >= 15 is 0 Å². The third-order valence-corrected chi connectivity index (χ3v) is 6.21. The zero-order valence-corrected chi connectivity index (χ0v) is 18.6. The summed E-state index contributed by atoms with van der Waals surface area (Å²) in [4.78, 5) is 43.5. The summed E-state index contributed by atoms with van der Waals surface area (Å²) in [6.07, 6.45) is 1.46. The van der Waals surface area contributed by atoms with Gasteiger partial charge in [0.25, 0.3) is 17.7 Å². The molecule has 1 saturated heterocycles. The van der Waals surface area contributed by atoms with Crippen molar-refractivity contribution in [2.75, 3.05) is 32.7 Å². The number of hydrogen-bond acceptors (Lipinski definition) is 5. The van der Waals surface area contributed by atoms with Crippen molar-refractivity contribution in [1.82, 2.24) is 24.5 Å². The van der Waals surface area contributed by atoms with Gasteiger partial charge in [-0.25, -0.2) is 0 Å². The second-order valence-corrected chi connectivity index (χ2v) is 8.49. The average Bonchev–Trinajstić information content (AvgIpc) is 3.52. The molecule has 2 aliphatic rings. The van der Waals surface area contributed by atoms with Crippen molar-refractivity contribution in [2.24, 2.45) is 0 Å². The molecule has 10 heteroatoms. The Balaban J connectivity index is 1.23. The van der Waals surface area contributed by atoms with Gasteiger partial charge < -0.3 is 19.1 Å². The SMILES string of the molecule is O=C(c1cc2n(n1)CCN(Cc1ccc(Cl)cc1)C2=O)N1CCN(C(=O)c2ccco2)CC1. The van der Waals surface area contributed by atoms with Gasteiger partial charge in [0.05, 0.1) is 12.8 Å². The molecule has 4 heterocycles. The van der Waals surface area contributed by atoms with Gasteiger partial charge >= 0.3 is 0 Å². The highest BCUT2D eigenvalue weighted by molar-refractivity contribution is 6.30. The molecule has 2 aliphatic heterocycles. The third-order valence-electron chi connectivity index (χ3n) is 5.96. The summed E-state index contributed by atoms with van der Waals surface area (Å²) < 4.78 is 6.78. The van der Waals surface area contributed by atoms with Crippen LogP contribution in [0.2, 0.25) is 5.02 Å². The number of fused-ring (bicyclic) bond motifs is 1. The molecule has 0 radical (unpaired) electrons. The van der Waals surface area contributed by atoms with Gasteiger partial charge in [-0.05, 0) is 29.8 Å². The van der Waals surface area contributed by atoms with Crippen molar-refractivity contribution in [2.45, 2.75) is 13.1 Å². The summed E-state index contributed by atoms with van der Waals surface area (Å²) in [5, 5.41) is 5.04. The Labute approximate surface area is 195 Å². The number of aromatic nitrogens is 2. The molecule has 2 aromatic heterocycles. The maximum absolute atomic E-state index is 13.0. The molecule has 9 nitrogen and oxygen atoms in total. The fourth-order valence-corrected chi connectivity index (χ4v) is 4.26. The number of amides is 3. The van der Waals surface area contributed by atoms with E-state index in [1.54, 1.807) is 49.7 Å². The Kier molecular flexibility index (Phi) is 5.63. The van der Waals surface area contributed by atoms with Crippen LogP contribution in [-0.4, -0.2) is 74.9 Å². The second kappa shape index (κ2) is 8.74.